The molecule has 0 aromatic heterocycles. The third-order valence-corrected chi connectivity index (χ3v) is 4.40. The predicted octanol–water partition coefficient (Wildman–Crippen LogP) is 2.29. The first kappa shape index (κ1) is 14.2. The van der Waals surface area contributed by atoms with Crippen molar-refractivity contribution in [3.8, 4) is 11.5 Å². The summed E-state index contributed by atoms with van der Waals surface area (Å²) in [4.78, 5) is 12.0. The zero-order chi connectivity index (χ0) is 13.9. The van der Waals surface area contributed by atoms with Gasteiger partial charge in [-0.15, -0.1) is 0 Å². The Bertz CT molecular complexity index is 472. The van der Waals surface area contributed by atoms with E-state index in [4.69, 9.17) is 9.47 Å². The van der Waals surface area contributed by atoms with Crippen LogP contribution in [0.25, 0.3) is 0 Å². The second kappa shape index (κ2) is 5.82. The van der Waals surface area contributed by atoms with Crippen LogP contribution in [0.3, 0.4) is 0 Å². The van der Waals surface area contributed by atoms with Gasteiger partial charge in [-0.1, -0.05) is 22.0 Å². The largest absolute Gasteiger partial charge is 0.493 e. The Balaban J connectivity index is 2.00. The van der Waals surface area contributed by atoms with Crippen LogP contribution >= 0.6 is 15.9 Å². The van der Waals surface area contributed by atoms with Crippen molar-refractivity contribution in [2.75, 3.05) is 19.5 Å². The average Bonchev–Trinajstić information content (AvgIpc) is 3.18. The van der Waals surface area contributed by atoms with Gasteiger partial charge in [0.25, 0.3) is 0 Å². The van der Waals surface area contributed by atoms with Gasteiger partial charge in [0.05, 0.1) is 20.6 Å². The smallest absolute Gasteiger partial charge is 0.224 e. The Hall–Kier alpha value is -1.23. The first-order chi connectivity index (χ1) is 9.12. The molecule has 0 heterocycles. The van der Waals surface area contributed by atoms with Gasteiger partial charge in [-0.05, 0) is 30.5 Å². The quantitative estimate of drug-likeness (QED) is 0.815. The molecular formula is C14H18BrNO3. The minimum absolute atomic E-state index is 0.00631. The first-order valence-electron chi connectivity index (χ1n) is 6.20. The van der Waals surface area contributed by atoms with Gasteiger partial charge in [-0.25, -0.2) is 0 Å². The number of amides is 1. The molecule has 1 aliphatic rings. The Morgan fingerprint density at radius 1 is 1.32 bits per heavy atom. The van der Waals surface area contributed by atoms with Crippen LogP contribution < -0.4 is 14.8 Å². The summed E-state index contributed by atoms with van der Waals surface area (Å²) >= 11 is 3.44. The van der Waals surface area contributed by atoms with Crippen LogP contribution in [0.15, 0.2) is 18.2 Å². The SMILES string of the molecule is COc1ccc(CC(=O)NC2(CBr)CC2)cc1OC. The van der Waals surface area contributed by atoms with Crippen LogP contribution in [0.2, 0.25) is 0 Å². The fourth-order valence-corrected chi connectivity index (χ4v) is 2.66. The molecular weight excluding hydrogens is 310 g/mol. The van der Waals surface area contributed by atoms with Gasteiger partial charge in [0.1, 0.15) is 0 Å². The summed E-state index contributed by atoms with van der Waals surface area (Å²) in [7, 11) is 3.18. The molecule has 4 nitrogen and oxygen atoms in total. The van der Waals surface area contributed by atoms with Crippen molar-refractivity contribution in [2.45, 2.75) is 24.8 Å². The lowest BCUT2D eigenvalue weighted by atomic mass is 10.1. The Labute approximate surface area is 121 Å². The normalized spacial score (nSPS) is 15.7. The molecule has 19 heavy (non-hydrogen) atoms. The van der Waals surface area contributed by atoms with Crippen LogP contribution in [0, 0.1) is 0 Å². The summed E-state index contributed by atoms with van der Waals surface area (Å²) in [6.07, 6.45) is 2.46. The summed E-state index contributed by atoms with van der Waals surface area (Å²) < 4.78 is 10.4. The molecule has 1 saturated carbocycles. The highest BCUT2D eigenvalue weighted by atomic mass is 79.9. The highest BCUT2D eigenvalue weighted by molar-refractivity contribution is 9.09. The number of alkyl halides is 1. The number of rotatable bonds is 6. The Kier molecular flexibility index (Phi) is 4.34. The maximum Gasteiger partial charge on any atom is 0.224 e. The monoisotopic (exact) mass is 327 g/mol. The fraction of sp³-hybridized carbons (Fsp3) is 0.500. The van der Waals surface area contributed by atoms with Crippen LogP contribution in [0.4, 0.5) is 0 Å². The number of methoxy groups -OCH3 is 2. The standard InChI is InChI=1S/C14H18BrNO3/c1-18-11-4-3-10(7-12(11)19-2)8-13(17)16-14(9-15)5-6-14/h3-4,7H,5-6,8-9H2,1-2H3,(H,16,17). The lowest BCUT2D eigenvalue weighted by Gasteiger charge is -2.14. The molecule has 0 bridgehead atoms. The zero-order valence-corrected chi connectivity index (χ0v) is 12.7. The third-order valence-electron chi connectivity index (χ3n) is 3.33. The molecule has 2 rings (SSSR count). The van der Waals surface area contributed by atoms with E-state index >= 15 is 0 Å². The van der Waals surface area contributed by atoms with Crippen molar-refractivity contribution in [3.63, 3.8) is 0 Å². The van der Waals surface area contributed by atoms with E-state index in [0.29, 0.717) is 17.9 Å². The zero-order valence-electron chi connectivity index (χ0n) is 11.2. The van der Waals surface area contributed by atoms with Gasteiger partial charge in [-0.2, -0.15) is 0 Å². The summed E-state index contributed by atoms with van der Waals surface area (Å²) in [5.74, 6) is 1.37. The van der Waals surface area contributed by atoms with Gasteiger partial charge in [0.15, 0.2) is 11.5 Å². The number of ether oxygens (including phenoxy) is 2. The molecule has 0 atom stereocenters. The molecule has 1 N–H and O–H groups in total. The van der Waals surface area contributed by atoms with Crippen LogP contribution in [-0.2, 0) is 11.2 Å². The fourth-order valence-electron chi connectivity index (χ4n) is 1.96. The van der Waals surface area contributed by atoms with Crippen molar-refractivity contribution < 1.29 is 14.3 Å². The number of benzene rings is 1. The van der Waals surface area contributed by atoms with Crippen molar-refractivity contribution in [1.82, 2.24) is 5.32 Å². The van der Waals surface area contributed by atoms with Gasteiger partial charge < -0.3 is 14.8 Å². The van der Waals surface area contributed by atoms with Crippen molar-refractivity contribution >= 4 is 21.8 Å². The number of nitrogens with one attached hydrogen (secondary N) is 1. The molecule has 1 aromatic carbocycles. The van der Waals surface area contributed by atoms with Crippen LogP contribution in [0.5, 0.6) is 11.5 Å². The molecule has 104 valence electrons. The van der Waals surface area contributed by atoms with Crippen LogP contribution in [-0.4, -0.2) is 31.0 Å². The van der Waals surface area contributed by atoms with Crippen molar-refractivity contribution in [3.05, 3.63) is 23.8 Å². The topological polar surface area (TPSA) is 47.6 Å². The summed E-state index contributed by atoms with van der Waals surface area (Å²) in [6, 6.07) is 5.54. The summed E-state index contributed by atoms with van der Waals surface area (Å²) in [5, 5.41) is 3.89. The van der Waals surface area contributed by atoms with Crippen molar-refractivity contribution in [2.24, 2.45) is 0 Å². The molecule has 1 amide bonds. The number of carbonyl (C=O) groups is 1. The molecule has 1 aromatic rings. The summed E-state index contributed by atoms with van der Waals surface area (Å²) in [5.41, 5.74) is 0.911. The molecule has 0 unspecified atom stereocenters. The molecule has 0 aliphatic heterocycles. The minimum Gasteiger partial charge on any atom is -0.493 e. The maximum absolute atomic E-state index is 12.0. The van der Waals surface area contributed by atoms with E-state index in [1.165, 1.54) is 0 Å². The highest BCUT2D eigenvalue weighted by Crippen LogP contribution is 2.37. The Morgan fingerprint density at radius 2 is 2.00 bits per heavy atom. The van der Waals surface area contributed by atoms with Crippen molar-refractivity contribution in [1.29, 1.82) is 0 Å². The van der Waals surface area contributed by atoms with Gasteiger partial charge >= 0.3 is 0 Å². The number of halogens is 1. The van der Waals surface area contributed by atoms with Crippen LogP contribution in [0.1, 0.15) is 18.4 Å². The minimum atomic E-state index is -0.00631. The number of hydrogen-bond acceptors (Lipinski definition) is 3. The Morgan fingerprint density at radius 3 is 2.53 bits per heavy atom. The predicted molar refractivity (Wildman–Crippen MR) is 77.2 cm³/mol. The lowest BCUT2D eigenvalue weighted by molar-refractivity contribution is -0.121. The lowest BCUT2D eigenvalue weighted by Crippen LogP contribution is -2.38. The molecule has 1 aliphatic carbocycles. The molecule has 0 saturated heterocycles. The molecule has 5 heteroatoms. The van der Waals surface area contributed by atoms with E-state index in [1.807, 2.05) is 18.2 Å². The molecule has 0 spiro atoms. The van der Waals surface area contributed by atoms with E-state index in [-0.39, 0.29) is 11.4 Å². The molecule has 1 fully saturated rings. The maximum atomic E-state index is 12.0. The van der Waals surface area contributed by atoms with Gasteiger partial charge in [-0.3, -0.25) is 4.79 Å². The van der Waals surface area contributed by atoms with E-state index in [9.17, 15) is 4.79 Å². The van der Waals surface area contributed by atoms with E-state index in [2.05, 4.69) is 21.2 Å². The number of carbonyl (C=O) groups excluding carboxylic acids is 1. The van der Waals surface area contributed by atoms with E-state index in [0.717, 1.165) is 23.7 Å². The second-order valence-corrected chi connectivity index (χ2v) is 5.39. The highest BCUT2D eigenvalue weighted by Gasteiger charge is 2.42. The van der Waals surface area contributed by atoms with Gasteiger partial charge in [0, 0.05) is 10.9 Å². The summed E-state index contributed by atoms with van der Waals surface area (Å²) in [6.45, 7) is 0. The second-order valence-electron chi connectivity index (χ2n) is 4.83. The molecule has 0 radical (unpaired) electrons. The number of hydrogen-bond donors (Lipinski definition) is 1. The van der Waals surface area contributed by atoms with E-state index < -0.39 is 0 Å². The third kappa shape index (κ3) is 3.41. The first-order valence-corrected chi connectivity index (χ1v) is 7.32. The van der Waals surface area contributed by atoms with E-state index in [1.54, 1.807) is 14.2 Å². The average molecular weight is 328 g/mol. The van der Waals surface area contributed by atoms with Gasteiger partial charge in [0.2, 0.25) is 5.91 Å².